The van der Waals surface area contributed by atoms with Gasteiger partial charge >= 0.3 is 5.97 Å². The van der Waals surface area contributed by atoms with Crippen molar-refractivity contribution in [2.45, 2.75) is 70.1 Å². The van der Waals surface area contributed by atoms with E-state index < -0.39 is 30.1 Å². The molecule has 4 atom stereocenters. The fourth-order valence-electron chi connectivity index (χ4n) is 4.07. The van der Waals surface area contributed by atoms with Crippen molar-refractivity contribution in [1.82, 2.24) is 10.6 Å². The molecule has 0 spiro atoms. The molecule has 0 saturated carbocycles. The summed E-state index contributed by atoms with van der Waals surface area (Å²) in [5, 5.41) is 35.7. The minimum Gasteiger partial charge on any atom is -0.504 e. The van der Waals surface area contributed by atoms with Crippen molar-refractivity contribution in [1.29, 1.82) is 0 Å². The molecule has 35 heavy (non-hydrogen) atoms. The van der Waals surface area contributed by atoms with Crippen LogP contribution >= 0.6 is 0 Å². The highest BCUT2D eigenvalue weighted by Gasteiger charge is 2.26. The van der Waals surface area contributed by atoms with Crippen molar-refractivity contribution < 1.29 is 29.6 Å². The number of aryl methyl sites for hydroxylation is 1. The Morgan fingerprint density at radius 1 is 1.11 bits per heavy atom. The lowest BCUT2D eigenvalue weighted by molar-refractivity contribution is -0.140. The van der Waals surface area contributed by atoms with Gasteiger partial charge in [-0.05, 0) is 68.3 Å². The Kier molecular flexibility index (Phi) is 11.5. The van der Waals surface area contributed by atoms with E-state index in [0.717, 1.165) is 17.5 Å². The summed E-state index contributed by atoms with van der Waals surface area (Å²) < 4.78 is 5.04. The molecular weight excluding hydrogens is 448 g/mol. The molecule has 0 radical (unpaired) electrons. The average Bonchev–Trinajstić information content (AvgIpc) is 2.84. The number of ether oxygens (including phenoxy) is 1. The van der Waals surface area contributed by atoms with E-state index in [4.69, 9.17) is 4.74 Å². The third-order valence-corrected chi connectivity index (χ3v) is 6.21. The first-order chi connectivity index (χ1) is 16.7. The average molecular weight is 487 g/mol. The number of phenols is 1. The van der Waals surface area contributed by atoms with E-state index in [9.17, 15) is 24.9 Å². The Bertz CT molecular complexity index is 937. The highest BCUT2D eigenvalue weighted by molar-refractivity contribution is 5.86. The van der Waals surface area contributed by atoms with Crippen LogP contribution in [0.25, 0.3) is 0 Å². The first-order valence-electron chi connectivity index (χ1n) is 12.1. The predicted molar refractivity (Wildman–Crippen MR) is 135 cm³/mol. The molecule has 0 saturated heterocycles. The standard InChI is InChI=1S/C27H38N2O6/c1-4-20(21-10-6-5-7-11-21)16-23(30)18(2)29-27(34)22(17-26(32)33)28-14-8-9-19-12-13-25(35-3)24(31)15-19/h5-7,10-13,15,18,20,22-23,28,30-31H,4,8-9,14,16-17H2,1-3H3,(H,29,34)(H,32,33). The number of hydrogen-bond donors (Lipinski definition) is 5. The number of amides is 1. The Morgan fingerprint density at radius 2 is 1.83 bits per heavy atom. The monoisotopic (exact) mass is 486 g/mol. The van der Waals surface area contributed by atoms with Crippen molar-refractivity contribution in [2.75, 3.05) is 13.7 Å². The van der Waals surface area contributed by atoms with Crippen LogP contribution in [0.2, 0.25) is 0 Å². The molecule has 1 amide bonds. The number of carbonyl (C=O) groups is 2. The van der Waals surface area contributed by atoms with Crippen LogP contribution in [0.4, 0.5) is 0 Å². The van der Waals surface area contributed by atoms with Crippen LogP contribution in [0.5, 0.6) is 11.5 Å². The molecule has 192 valence electrons. The van der Waals surface area contributed by atoms with Gasteiger partial charge in [0.2, 0.25) is 5.91 Å². The molecule has 8 heteroatoms. The van der Waals surface area contributed by atoms with Crippen LogP contribution in [0, 0.1) is 0 Å². The summed E-state index contributed by atoms with van der Waals surface area (Å²) in [6.45, 7) is 4.21. The lowest BCUT2D eigenvalue weighted by Crippen LogP contribution is -2.51. The summed E-state index contributed by atoms with van der Waals surface area (Å²) in [6, 6.07) is 13.7. The second-order valence-electron chi connectivity index (χ2n) is 8.83. The van der Waals surface area contributed by atoms with E-state index in [1.54, 1.807) is 19.1 Å². The molecule has 8 nitrogen and oxygen atoms in total. The minimum absolute atomic E-state index is 0.0613. The molecule has 0 bridgehead atoms. The van der Waals surface area contributed by atoms with Gasteiger partial charge in [-0.25, -0.2) is 0 Å². The molecule has 2 aromatic rings. The number of carboxylic acids is 1. The Hall–Kier alpha value is -3.10. The molecule has 0 heterocycles. The molecule has 2 aromatic carbocycles. The first-order valence-corrected chi connectivity index (χ1v) is 12.1. The highest BCUT2D eigenvalue weighted by atomic mass is 16.5. The quantitative estimate of drug-likeness (QED) is 0.245. The number of carboxylic acid groups (broad SMARTS) is 1. The maximum absolute atomic E-state index is 12.8. The molecule has 5 N–H and O–H groups in total. The topological polar surface area (TPSA) is 128 Å². The fourth-order valence-corrected chi connectivity index (χ4v) is 4.07. The second-order valence-corrected chi connectivity index (χ2v) is 8.83. The van der Waals surface area contributed by atoms with E-state index in [0.29, 0.717) is 31.6 Å². The van der Waals surface area contributed by atoms with Gasteiger partial charge in [0, 0.05) is 0 Å². The number of benzene rings is 2. The van der Waals surface area contributed by atoms with Gasteiger partial charge in [-0.2, -0.15) is 0 Å². The van der Waals surface area contributed by atoms with Crippen molar-refractivity contribution >= 4 is 11.9 Å². The lowest BCUT2D eigenvalue weighted by atomic mass is 9.89. The van der Waals surface area contributed by atoms with Crippen LogP contribution in [-0.4, -0.2) is 59.0 Å². The zero-order valence-corrected chi connectivity index (χ0v) is 20.7. The number of nitrogens with one attached hydrogen (secondary N) is 2. The van der Waals surface area contributed by atoms with Crippen molar-refractivity contribution in [3.8, 4) is 11.5 Å². The molecule has 0 aromatic heterocycles. The molecule has 0 aliphatic rings. The SMILES string of the molecule is CCC(CC(O)C(C)NC(=O)C(CC(=O)O)NCCCc1ccc(OC)c(O)c1)c1ccccc1. The van der Waals surface area contributed by atoms with Crippen LogP contribution in [0.1, 0.15) is 56.6 Å². The number of aliphatic carboxylic acids is 1. The smallest absolute Gasteiger partial charge is 0.305 e. The van der Waals surface area contributed by atoms with E-state index in [2.05, 4.69) is 17.6 Å². The van der Waals surface area contributed by atoms with Gasteiger partial charge in [-0.1, -0.05) is 43.3 Å². The number of aliphatic hydroxyl groups excluding tert-OH is 1. The number of carbonyl (C=O) groups excluding carboxylic acids is 1. The van der Waals surface area contributed by atoms with Crippen LogP contribution in [0.3, 0.4) is 0 Å². The third-order valence-electron chi connectivity index (χ3n) is 6.21. The molecular formula is C27H38N2O6. The zero-order chi connectivity index (χ0) is 25.8. The van der Waals surface area contributed by atoms with Gasteiger partial charge in [0.1, 0.15) is 0 Å². The summed E-state index contributed by atoms with van der Waals surface area (Å²) in [7, 11) is 1.48. The van der Waals surface area contributed by atoms with Crippen molar-refractivity contribution in [2.24, 2.45) is 0 Å². The van der Waals surface area contributed by atoms with Crippen LogP contribution in [-0.2, 0) is 16.0 Å². The van der Waals surface area contributed by atoms with Crippen LogP contribution in [0.15, 0.2) is 48.5 Å². The van der Waals surface area contributed by atoms with Gasteiger partial charge in [0.15, 0.2) is 11.5 Å². The Balaban J connectivity index is 1.87. The molecule has 2 rings (SSSR count). The third kappa shape index (κ3) is 9.22. The van der Waals surface area contributed by atoms with Crippen molar-refractivity contribution in [3.05, 3.63) is 59.7 Å². The number of rotatable bonds is 15. The van der Waals surface area contributed by atoms with E-state index >= 15 is 0 Å². The highest BCUT2D eigenvalue weighted by Crippen LogP contribution is 2.27. The fraction of sp³-hybridized carbons (Fsp3) is 0.481. The largest absolute Gasteiger partial charge is 0.504 e. The first kappa shape index (κ1) is 28.1. The van der Waals surface area contributed by atoms with E-state index in [1.165, 1.54) is 7.11 Å². The summed E-state index contributed by atoms with van der Waals surface area (Å²) in [5.41, 5.74) is 2.05. The van der Waals surface area contributed by atoms with Gasteiger partial charge in [-0.3, -0.25) is 9.59 Å². The van der Waals surface area contributed by atoms with Crippen LogP contribution < -0.4 is 15.4 Å². The van der Waals surface area contributed by atoms with Gasteiger partial charge in [0.05, 0.1) is 31.7 Å². The molecule has 4 unspecified atom stereocenters. The predicted octanol–water partition coefficient (Wildman–Crippen LogP) is 3.22. The number of aliphatic hydroxyl groups is 1. The molecule has 0 fully saturated rings. The second kappa shape index (κ2) is 14.3. The maximum Gasteiger partial charge on any atom is 0.305 e. The van der Waals surface area contributed by atoms with Gasteiger partial charge in [0.25, 0.3) is 0 Å². The number of hydrogen-bond acceptors (Lipinski definition) is 6. The summed E-state index contributed by atoms with van der Waals surface area (Å²) in [5.74, 6) is -0.910. The maximum atomic E-state index is 12.8. The van der Waals surface area contributed by atoms with Gasteiger partial charge < -0.3 is 30.7 Å². The lowest BCUT2D eigenvalue weighted by Gasteiger charge is -2.26. The van der Waals surface area contributed by atoms with E-state index in [1.807, 2.05) is 36.4 Å². The normalized spacial score (nSPS) is 14.5. The zero-order valence-electron chi connectivity index (χ0n) is 20.7. The van der Waals surface area contributed by atoms with E-state index in [-0.39, 0.29) is 18.1 Å². The number of methoxy groups -OCH3 is 1. The summed E-state index contributed by atoms with van der Waals surface area (Å²) >= 11 is 0. The Labute approximate surface area is 207 Å². The summed E-state index contributed by atoms with van der Waals surface area (Å²) in [6.07, 6.45) is 1.50. The Morgan fingerprint density at radius 3 is 2.43 bits per heavy atom. The number of aromatic hydroxyl groups is 1. The molecule has 0 aliphatic heterocycles. The van der Waals surface area contributed by atoms with Crippen molar-refractivity contribution in [3.63, 3.8) is 0 Å². The minimum atomic E-state index is -1.08. The van der Waals surface area contributed by atoms with Gasteiger partial charge in [-0.15, -0.1) is 0 Å². The molecule has 0 aliphatic carbocycles. The summed E-state index contributed by atoms with van der Waals surface area (Å²) in [4.78, 5) is 24.1. The number of phenolic OH excluding ortho intramolecular Hbond substituents is 1.